The molecule has 0 radical (unpaired) electrons. The molecule has 0 unspecified atom stereocenters. The van der Waals surface area contributed by atoms with Crippen molar-refractivity contribution in [3.63, 3.8) is 0 Å². The van der Waals surface area contributed by atoms with Gasteiger partial charge in [-0.15, -0.1) is 0 Å². The van der Waals surface area contributed by atoms with Crippen LogP contribution >= 0.6 is 0 Å². The molecule has 10 heavy (non-hydrogen) atoms. The molecule has 0 bridgehead atoms. The van der Waals surface area contributed by atoms with Gasteiger partial charge < -0.3 is 0 Å². The van der Waals surface area contributed by atoms with Gasteiger partial charge >= 0.3 is 12.2 Å². The van der Waals surface area contributed by atoms with E-state index in [0.29, 0.717) is 0 Å². The topological polar surface area (TPSA) is 9.23 Å². The fourth-order valence-corrected chi connectivity index (χ4v) is 0.821. The van der Waals surface area contributed by atoms with E-state index in [9.17, 15) is 17.6 Å². The van der Waals surface area contributed by atoms with E-state index in [4.69, 9.17) is 0 Å². The van der Waals surface area contributed by atoms with Crippen LogP contribution in [0.1, 0.15) is 19.3 Å². The van der Waals surface area contributed by atoms with E-state index in [1.165, 1.54) is 0 Å². The summed E-state index contributed by atoms with van der Waals surface area (Å²) in [5.41, 5.74) is 0. The SMILES string of the molecule is FC1(F)CCCC(F)(F)O1. The maximum absolute atomic E-state index is 12.0. The Morgan fingerprint density at radius 3 is 1.50 bits per heavy atom. The van der Waals surface area contributed by atoms with E-state index >= 15 is 0 Å². The van der Waals surface area contributed by atoms with Crippen LogP contribution in [-0.4, -0.2) is 12.2 Å². The summed E-state index contributed by atoms with van der Waals surface area (Å²) >= 11 is 0. The summed E-state index contributed by atoms with van der Waals surface area (Å²) in [5, 5.41) is 0. The molecule has 0 aromatic heterocycles. The molecule has 60 valence electrons. The second-order valence-corrected chi connectivity index (χ2v) is 2.23. The zero-order valence-corrected chi connectivity index (χ0v) is 5.04. The average Bonchev–Trinajstić information content (AvgIpc) is 1.56. The molecule has 0 N–H and O–H groups in total. The van der Waals surface area contributed by atoms with Crippen LogP contribution in [0.2, 0.25) is 0 Å². The van der Waals surface area contributed by atoms with E-state index in [-0.39, 0.29) is 6.42 Å². The quantitative estimate of drug-likeness (QED) is 0.492. The molecule has 0 spiro atoms. The van der Waals surface area contributed by atoms with Crippen molar-refractivity contribution in [1.29, 1.82) is 0 Å². The molecule has 5 heteroatoms. The molecule has 1 saturated heterocycles. The fourth-order valence-electron chi connectivity index (χ4n) is 0.821. The van der Waals surface area contributed by atoms with E-state index < -0.39 is 25.1 Å². The van der Waals surface area contributed by atoms with E-state index in [2.05, 4.69) is 4.74 Å². The number of halogens is 4. The van der Waals surface area contributed by atoms with Gasteiger partial charge in [0.05, 0.1) is 0 Å². The number of ether oxygens (including phenoxy) is 1. The van der Waals surface area contributed by atoms with Crippen LogP contribution < -0.4 is 0 Å². The third kappa shape index (κ3) is 1.83. The molecule has 0 aliphatic carbocycles. The lowest BCUT2D eigenvalue weighted by atomic mass is 10.2. The van der Waals surface area contributed by atoms with E-state index in [1.54, 1.807) is 0 Å². The largest absolute Gasteiger partial charge is 0.360 e. The molecule has 0 amide bonds. The second-order valence-electron chi connectivity index (χ2n) is 2.23. The molecule has 0 atom stereocenters. The van der Waals surface area contributed by atoms with Crippen LogP contribution in [0.4, 0.5) is 17.6 Å². The first-order valence-corrected chi connectivity index (χ1v) is 2.87. The van der Waals surface area contributed by atoms with Gasteiger partial charge in [0.2, 0.25) is 0 Å². The van der Waals surface area contributed by atoms with Gasteiger partial charge in [0.1, 0.15) is 0 Å². The van der Waals surface area contributed by atoms with Crippen molar-refractivity contribution in [2.75, 3.05) is 0 Å². The Balaban J connectivity index is 2.56. The normalized spacial score (nSPS) is 30.0. The monoisotopic (exact) mass is 158 g/mol. The number of hydrogen-bond donors (Lipinski definition) is 0. The standard InChI is InChI=1S/C5H6F4O/c6-4(7)2-1-3-5(8,9)10-4/h1-3H2. The predicted octanol–water partition coefficient (Wildman–Crippen LogP) is 2.37. The highest BCUT2D eigenvalue weighted by Gasteiger charge is 2.47. The molecule has 0 aromatic carbocycles. The molecule has 1 rings (SSSR count). The van der Waals surface area contributed by atoms with E-state index in [0.717, 1.165) is 0 Å². The van der Waals surface area contributed by atoms with Crippen LogP contribution in [0.3, 0.4) is 0 Å². The lowest BCUT2D eigenvalue weighted by Crippen LogP contribution is -2.37. The molecular formula is C5H6F4O. The highest BCUT2D eigenvalue weighted by atomic mass is 19.3. The van der Waals surface area contributed by atoms with Crippen LogP contribution in [-0.2, 0) is 4.74 Å². The Bertz CT molecular complexity index is 120. The van der Waals surface area contributed by atoms with Crippen molar-refractivity contribution in [2.45, 2.75) is 31.5 Å². The van der Waals surface area contributed by atoms with Gasteiger partial charge in [-0.05, 0) is 6.42 Å². The predicted molar refractivity (Wildman–Crippen MR) is 24.8 cm³/mol. The molecule has 0 saturated carbocycles. The van der Waals surface area contributed by atoms with Crippen molar-refractivity contribution in [3.05, 3.63) is 0 Å². The van der Waals surface area contributed by atoms with E-state index in [1.807, 2.05) is 0 Å². The Hall–Kier alpha value is -0.320. The molecule has 1 fully saturated rings. The highest BCUT2D eigenvalue weighted by molar-refractivity contribution is 4.67. The van der Waals surface area contributed by atoms with Gasteiger partial charge in [0, 0.05) is 12.8 Å². The van der Waals surface area contributed by atoms with Crippen LogP contribution in [0, 0.1) is 0 Å². The highest BCUT2D eigenvalue weighted by Crippen LogP contribution is 2.39. The Morgan fingerprint density at radius 1 is 0.900 bits per heavy atom. The molecule has 0 aromatic rings. The van der Waals surface area contributed by atoms with Gasteiger partial charge in [0.25, 0.3) is 0 Å². The summed E-state index contributed by atoms with van der Waals surface area (Å²) in [6.45, 7) is 0. The summed E-state index contributed by atoms with van der Waals surface area (Å²) < 4.78 is 51.2. The number of hydrogen-bond acceptors (Lipinski definition) is 1. The summed E-state index contributed by atoms with van der Waals surface area (Å²) in [6.07, 6.45) is -8.69. The summed E-state index contributed by atoms with van der Waals surface area (Å²) in [6, 6.07) is 0. The fraction of sp³-hybridized carbons (Fsp3) is 1.00. The first-order valence-electron chi connectivity index (χ1n) is 2.87. The minimum absolute atomic E-state index is 0.194. The van der Waals surface area contributed by atoms with Crippen molar-refractivity contribution in [2.24, 2.45) is 0 Å². The third-order valence-electron chi connectivity index (χ3n) is 1.23. The van der Waals surface area contributed by atoms with Gasteiger partial charge in [-0.1, -0.05) is 0 Å². The molecule has 1 aliphatic heterocycles. The first-order chi connectivity index (χ1) is 4.41. The molecule has 1 nitrogen and oxygen atoms in total. The molecular weight excluding hydrogens is 152 g/mol. The van der Waals surface area contributed by atoms with Crippen molar-refractivity contribution < 1.29 is 22.3 Å². The van der Waals surface area contributed by atoms with Crippen molar-refractivity contribution in [1.82, 2.24) is 0 Å². The number of alkyl halides is 4. The van der Waals surface area contributed by atoms with Crippen molar-refractivity contribution in [3.8, 4) is 0 Å². The van der Waals surface area contributed by atoms with Gasteiger partial charge in [-0.2, -0.15) is 17.6 Å². The van der Waals surface area contributed by atoms with Gasteiger partial charge in [0.15, 0.2) is 0 Å². The van der Waals surface area contributed by atoms with Crippen LogP contribution in [0.15, 0.2) is 0 Å². The lowest BCUT2D eigenvalue weighted by Gasteiger charge is -2.28. The zero-order chi connectivity index (χ0) is 7.83. The summed E-state index contributed by atoms with van der Waals surface area (Å²) in [7, 11) is 0. The van der Waals surface area contributed by atoms with Gasteiger partial charge in [-0.3, -0.25) is 4.74 Å². The van der Waals surface area contributed by atoms with Gasteiger partial charge in [-0.25, -0.2) is 0 Å². The minimum Gasteiger partial charge on any atom is -0.255 e. The van der Waals surface area contributed by atoms with Crippen LogP contribution in [0.25, 0.3) is 0 Å². The zero-order valence-electron chi connectivity index (χ0n) is 5.04. The molecule has 1 heterocycles. The lowest BCUT2D eigenvalue weighted by molar-refractivity contribution is -0.396. The smallest absolute Gasteiger partial charge is 0.255 e. The maximum Gasteiger partial charge on any atom is 0.360 e. The average molecular weight is 158 g/mol. The number of rotatable bonds is 0. The van der Waals surface area contributed by atoms with Crippen molar-refractivity contribution >= 4 is 0 Å². The first kappa shape index (κ1) is 7.78. The minimum atomic E-state index is -3.64. The molecule has 1 aliphatic rings. The Labute approximate surface area is 55.0 Å². The van der Waals surface area contributed by atoms with Crippen LogP contribution in [0.5, 0.6) is 0 Å². The Kier molecular flexibility index (Phi) is 1.62. The maximum atomic E-state index is 12.0. The summed E-state index contributed by atoms with van der Waals surface area (Å²) in [5.74, 6) is 0. The summed E-state index contributed by atoms with van der Waals surface area (Å²) in [4.78, 5) is 0. The third-order valence-corrected chi connectivity index (χ3v) is 1.23. The second kappa shape index (κ2) is 2.08. The Morgan fingerprint density at radius 2 is 1.30 bits per heavy atom.